The highest BCUT2D eigenvalue weighted by Gasteiger charge is 2.34. The van der Waals surface area contributed by atoms with Gasteiger partial charge in [0, 0.05) is 12.6 Å². The van der Waals surface area contributed by atoms with Crippen molar-refractivity contribution in [2.75, 3.05) is 25.1 Å². The van der Waals surface area contributed by atoms with Crippen molar-refractivity contribution in [2.24, 2.45) is 0 Å². The average Bonchev–Trinajstić information content (AvgIpc) is 3.53. The standard InChI is InChI=1S/C32H38FN3O6S/c1-4-30(32(38)34-25-7-5-6-8-25)35(21-23-9-15-27(41-2)16-10-23)31(37)22-36(26-13-11-24(33)12-14-26)43(39,40)29-19-17-28(42-3)18-20-29/h9-20,25,30H,4-8,21-22H2,1-3H3,(H,34,38)/t30-/m0/s1. The highest BCUT2D eigenvalue weighted by atomic mass is 32.2. The number of nitrogens with zero attached hydrogens (tertiary/aromatic N) is 2. The highest BCUT2D eigenvalue weighted by molar-refractivity contribution is 7.92. The number of nitrogens with one attached hydrogen (secondary N) is 1. The number of hydrogen-bond acceptors (Lipinski definition) is 6. The third kappa shape index (κ3) is 7.84. The Morgan fingerprint density at radius 2 is 1.47 bits per heavy atom. The van der Waals surface area contributed by atoms with Crippen LogP contribution in [0.4, 0.5) is 10.1 Å². The van der Waals surface area contributed by atoms with Crippen molar-refractivity contribution in [3.63, 3.8) is 0 Å². The third-order valence-electron chi connectivity index (χ3n) is 7.64. The molecule has 43 heavy (non-hydrogen) atoms. The Kier molecular flexibility index (Phi) is 10.6. The molecule has 3 aromatic carbocycles. The summed E-state index contributed by atoms with van der Waals surface area (Å²) in [5, 5.41) is 3.09. The monoisotopic (exact) mass is 611 g/mol. The molecule has 9 nitrogen and oxygen atoms in total. The maximum absolute atomic E-state index is 14.2. The fourth-order valence-electron chi connectivity index (χ4n) is 5.23. The number of halogens is 1. The van der Waals surface area contributed by atoms with Gasteiger partial charge < -0.3 is 19.7 Å². The maximum atomic E-state index is 14.2. The Hall–Kier alpha value is -4.12. The first kappa shape index (κ1) is 31.8. The van der Waals surface area contributed by atoms with Gasteiger partial charge in [0.2, 0.25) is 11.8 Å². The van der Waals surface area contributed by atoms with Crippen LogP contribution in [0, 0.1) is 5.82 Å². The molecule has 1 fully saturated rings. The number of ether oxygens (including phenoxy) is 2. The van der Waals surface area contributed by atoms with Gasteiger partial charge in [-0.15, -0.1) is 0 Å². The van der Waals surface area contributed by atoms with E-state index < -0.39 is 34.3 Å². The van der Waals surface area contributed by atoms with E-state index in [0.29, 0.717) is 17.9 Å². The van der Waals surface area contributed by atoms with E-state index in [4.69, 9.17) is 9.47 Å². The van der Waals surface area contributed by atoms with Crippen LogP contribution in [0.5, 0.6) is 11.5 Å². The van der Waals surface area contributed by atoms with E-state index in [1.807, 2.05) is 6.92 Å². The molecule has 1 aliphatic rings. The molecule has 0 unspecified atom stereocenters. The Labute approximate surface area is 252 Å². The molecule has 1 N–H and O–H groups in total. The number of carbonyl (C=O) groups excluding carboxylic acids is 2. The predicted octanol–water partition coefficient (Wildman–Crippen LogP) is 4.90. The van der Waals surface area contributed by atoms with Crippen LogP contribution in [0.3, 0.4) is 0 Å². The molecule has 0 aliphatic heterocycles. The lowest BCUT2D eigenvalue weighted by molar-refractivity contribution is -0.140. The van der Waals surface area contributed by atoms with Crippen molar-refractivity contribution in [3.05, 3.63) is 84.2 Å². The van der Waals surface area contributed by atoms with Gasteiger partial charge in [0.1, 0.15) is 29.9 Å². The predicted molar refractivity (Wildman–Crippen MR) is 162 cm³/mol. The second-order valence-corrected chi connectivity index (χ2v) is 12.3. The molecular formula is C32H38FN3O6S. The zero-order valence-electron chi connectivity index (χ0n) is 24.7. The first-order valence-electron chi connectivity index (χ1n) is 14.3. The molecule has 0 aromatic heterocycles. The number of amides is 2. The number of anilines is 1. The Morgan fingerprint density at radius 3 is 2.00 bits per heavy atom. The fourth-order valence-corrected chi connectivity index (χ4v) is 6.64. The van der Waals surface area contributed by atoms with Crippen LogP contribution in [-0.2, 0) is 26.2 Å². The maximum Gasteiger partial charge on any atom is 0.264 e. The first-order valence-corrected chi connectivity index (χ1v) is 15.8. The highest BCUT2D eigenvalue weighted by Crippen LogP contribution is 2.27. The van der Waals surface area contributed by atoms with E-state index in [1.165, 1.54) is 48.4 Å². The van der Waals surface area contributed by atoms with Crippen LogP contribution in [0.1, 0.15) is 44.6 Å². The van der Waals surface area contributed by atoms with Gasteiger partial charge in [-0.25, -0.2) is 12.8 Å². The van der Waals surface area contributed by atoms with Crippen molar-refractivity contribution < 1.29 is 31.9 Å². The number of rotatable bonds is 13. The van der Waals surface area contributed by atoms with Crippen LogP contribution in [-0.4, -0.2) is 58.0 Å². The summed E-state index contributed by atoms with van der Waals surface area (Å²) in [6.45, 7) is 1.28. The summed E-state index contributed by atoms with van der Waals surface area (Å²) in [6, 6.07) is 17.0. The zero-order valence-corrected chi connectivity index (χ0v) is 25.5. The van der Waals surface area contributed by atoms with Gasteiger partial charge in [-0.2, -0.15) is 0 Å². The van der Waals surface area contributed by atoms with Gasteiger partial charge in [0.15, 0.2) is 0 Å². The van der Waals surface area contributed by atoms with Crippen LogP contribution in [0.15, 0.2) is 77.7 Å². The molecule has 0 spiro atoms. The van der Waals surface area contributed by atoms with E-state index >= 15 is 0 Å². The van der Waals surface area contributed by atoms with Crippen molar-refractivity contribution in [2.45, 2.75) is 62.6 Å². The van der Waals surface area contributed by atoms with E-state index in [1.54, 1.807) is 31.4 Å². The molecule has 2 amide bonds. The molecule has 0 radical (unpaired) electrons. The molecule has 0 bridgehead atoms. The summed E-state index contributed by atoms with van der Waals surface area (Å²) < 4.78 is 53.1. The Morgan fingerprint density at radius 1 is 0.907 bits per heavy atom. The minimum Gasteiger partial charge on any atom is -0.497 e. The number of sulfonamides is 1. The molecule has 1 saturated carbocycles. The lowest BCUT2D eigenvalue weighted by Crippen LogP contribution is -2.53. The molecule has 3 aromatic rings. The first-order chi connectivity index (χ1) is 20.7. The molecule has 1 atom stereocenters. The van der Waals surface area contributed by atoms with Crippen molar-refractivity contribution in [1.29, 1.82) is 0 Å². The van der Waals surface area contributed by atoms with Gasteiger partial charge >= 0.3 is 0 Å². The van der Waals surface area contributed by atoms with Gasteiger partial charge in [-0.1, -0.05) is 31.9 Å². The second kappa shape index (κ2) is 14.4. The Balaban J connectivity index is 1.70. The number of carbonyl (C=O) groups is 2. The molecule has 230 valence electrons. The average molecular weight is 612 g/mol. The number of methoxy groups -OCH3 is 2. The van der Waals surface area contributed by atoms with Gasteiger partial charge in [-0.3, -0.25) is 13.9 Å². The van der Waals surface area contributed by atoms with Crippen molar-refractivity contribution >= 4 is 27.5 Å². The van der Waals surface area contributed by atoms with Crippen LogP contribution in [0.25, 0.3) is 0 Å². The molecule has 1 aliphatic carbocycles. The quantitative estimate of drug-likeness (QED) is 0.295. The molecule has 0 saturated heterocycles. The van der Waals surface area contributed by atoms with Crippen LogP contribution >= 0.6 is 0 Å². The summed E-state index contributed by atoms with van der Waals surface area (Å²) in [5.41, 5.74) is 0.853. The summed E-state index contributed by atoms with van der Waals surface area (Å²) in [4.78, 5) is 29.0. The van der Waals surface area contributed by atoms with E-state index in [-0.39, 0.29) is 29.1 Å². The zero-order chi connectivity index (χ0) is 31.0. The summed E-state index contributed by atoms with van der Waals surface area (Å²) >= 11 is 0. The van der Waals surface area contributed by atoms with Gasteiger partial charge in [0.05, 0.1) is 24.8 Å². The van der Waals surface area contributed by atoms with Crippen LogP contribution < -0.4 is 19.1 Å². The SMILES string of the molecule is CC[C@@H](C(=O)NC1CCCC1)N(Cc1ccc(OC)cc1)C(=O)CN(c1ccc(F)cc1)S(=O)(=O)c1ccc(OC)cc1. The van der Waals surface area contributed by atoms with E-state index in [2.05, 4.69) is 5.32 Å². The second-order valence-electron chi connectivity index (χ2n) is 10.4. The summed E-state index contributed by atoms with van der Waals surface area (Å²) in [6.07, 6.45) is 4.15. The van der Waals surface area contributed by atoms with Gasteiger partial charge in [0.25, 0.3) is 10.0 Å². The molecule has 11 heteroatoms. The largest absolute Gasteiger partial charge is 0.497 e. The molecule has 0 heterocycles. The topological polar surface area (TPSA) is 105 Å². The van der Waals surface area contributed by atoms with Crippen LogP contribution in [0.2, 0.25) is 0 Å². The van der Waals surface area contributed by atoms with Gasteiger partial charge in [-0.05, 0) is 85.5 Å². The minimum absolute atomic E-state index is 0.0469. The lowest BCUT2D eigenvalue weighted by atomic mass is 10.1. The third-order valence-corrected chi connectivity index (χ3v) is 9.43. The summed E-state index contributed by atoms with van der Waals surface area (Å²) in [5.74, 6) is -0.297. The number of hydrogen-bond donors (Lipinski definition) is 1. The number of benzene rings is 3. The van der Waals surface area contributed by atoms with E-state index in [0.717, 1.165) is 47.7 Å². The Bertz CT molecular complexity index is 1470. The fraction of sp³-hybridized carbons (Fsp3) is 0.375. The normalized spacial score (nSPS) is 14.1. The molecule has 4 rings (SSSR count). The van der Waals surface area contributed by atoms with Crippen molar-refractivity contribution in [1.82, 2.24) is 10.2 Å². The molecular weight excluding hydrogens is 573 g/mol. The lowest BCUT2D eigenvalue weighted by Gasteiger charge is -2.33. The smallest absolute Gasteiger partial charge is 0.264 e. The minimum atomic E-state index is -4.28. The summed E-state index contributed by atoms with van der Waals surface area (Å²) in [7, 11) is -1.26. The van der Waals surface area contributed by atoms with E-state index in [9.17, 15) is 22.4 Å². The van der Waals surface area contributed by atoms with Crippen molar-refractivity contribution in [3.8, 4) is 11.5 Å².